The van der Waals surface area contributed by atoms with Gasteiger partial charge in [0.15, 0.2) is 5.82 Å². The molecule has 1 saturated heterocycles. The van der Waals surface area contributed by atoms with Gasteiger partial charge in [-0.2, -0.15) is 22.7 Å². The number of hydrogen-bond acceptors (Lipinski definition) is 8. The second kappa shape index (κ2) is 18.0. The van der Waals surface area contributed by atoms with Gasteiger partial charge in [0.1, 0.15) is 5.78 Å². The Hall–Kier alpha value is -5.48. The fourth-order valence-corrected chi connectivity index (χ4v) is 7.62. The molecule has 4 aromatic rings. The Labute approximate surface area is 332 Å². The lowest BCUT2D eigenvalue weighted by molar-refractivity contribution is -0.231. The normalized spacial score (nSPS) is 18.3. The number of Topliss-reactive ketones (excluding diaryl/α,β-unsaturated/α-hetero) is 1. The molecule has 0 spiro atoms. The average molecular weight is 806 g/mol. The minimum absolute atomic E-state index is 0.00758. The number of piperidine rings is 1. The van der Waals surface area contributed by atoms with Gasteiger partial charge in [0.05, 0.1) is 0 Å². The standard InChI is InChI=1S/C42H47F4N7O5/c1-24-20-30(37(55)50-33-16-18-48-19-17-33)12-15-34(24)27-6-2-25(3-7-27)21-31(22-35(54)28-8-4-26(23-47)5-9-28)38(56)49-32-13-10-29(11-14-32)36-51-39(53-52-36)41(43,44)42(45,46)40(57)58/h2-3,6-7,10-15,20,26,28,31,33,48H,4-5,8-9,16-19,21-23,47H2,1H3,(H,49,56)(H,50,55)(H,57,58)(H,51,52,53)/t26?,28?,31-/m1/s1. The minimum atomic E-state index is -5.43. The number of nitrogens with one attached hydrogen (secondary N) is 4. The van der Waals surface area contributed by atoms with E-state index in [1.807, 2.05) is 49.4 Å². The second-order valence-electron chi connectivity index (χ2n) is 15.3. The number of hydrogen-bond donors (Lipinski definition) is 6. The molecule has 308 valence electrons. The van der Waals surface area contributed by atoms with Gasteiger partial charge in [0, 0.05) is 41.1 Å². The Balaban J connectivity index is 1.15. The Kier molecular flexibility index (Phi) is 13.1. The highest BCUT2D eigenvalue weighted by atomic mass is 19.3. The zero-order valence-corrected chi connectivity index (χ0v) is 32.0. The van der Waals surface area contributed by atoms with Crippen molar-refractivity contribution in [2.75, 3.05) is 25.0 Å². The van der Waals surface area contributed by atoms with Crippen molar-refractivity contribution in [3.05, 3.63) is 89.2 Å². The number of benzene rings is 3. The van der Waals surface area contributed by atoms with Crippen LogP contribution in [0.2, 0.25) is 0 Å². The summed E-state index contributed by atoms with van der Waals surface area (Å²) >= 11 is 0. The van der Waals surface area contributed by atoms with E-state index in [0.29, 0.717) is 36.6 Å². The fourth-order valence-electron chi connectivity index (χ4n) is 7.62. The van der Waals surface area contributed by atoms with E-state index in [2.05, 4.69) is 26.0 Å². The molecule has 1 aliphatic heterocycles. The van der Waals surface area contributed by atoms with Crippen molar-refractivity contribution < 1.29 is 41.8 Å². The molecule has 1 atom stereocenters. The first kappa shape index (κ1) is 42.1. The molecule has 2 fully saturated rings. The van der Waals surface area contributed by atoms with E-state index in [4.69, 9.17) is 10.8 Å². The van der Waals surface area contributed by atoms with Crippen molar-refractivity contribution in [1.29, 1.82) is 0 Å². The smallest absolute Gasteiger partial charge is 0.411 e. The number of carboxylic acids is 1. The lowest BCUT2D eigenvalue weighted by Gasteiger charge is -2.27. The lowest BCUT2D eigenvalue weighted by Crippen LogP contribution is -2.45. The topological polar surface area (TPSA) is 192 Å². The maximum atomic E-state index is 14.3. The van der Waals surface area contributed by atoms with Gasteiger partial charge < -0.3 is 26.8 Å². The Bertz CT molecular complexity index is 2100. The highest BCUT2D eigenvalue weighted by Gasteiger charge is 2.65. The number of H-pyrrole nitrogens is 1. The van der Waals surface area contributed by atoms with Crippen LogP contribution in [-0.2, 0) is 26.7 Å². The van der Waals surface area contributed by atoms with E-state index in [9.17, 15) is 36.7 Å². The molecule has 0 unspecified atom stereocenters. The summed E-state index contributed by atoms with van der Waals surface area (Å²) in [5, 5.41) is 23.1. The Morgan fingerprint density at radius 1 is 0.897 bits per heavy atom. The van der Waals surface area contributed by atoms with Gasteiger partial charge in [-0.3, -0.25) is 19.5 Å². The van der Waals surface area contributed by atoms with Crippen molar-refractivity contribution in [2.45, 2.75) is 76.2 Å². The summed E-state index contributed by atoms with van der Waals surface area (Å²) in [5.41, 5.74) is 10.5. The number of anilines is 1. The zero-order chi connectivity index (χ0) is 41.6. The lowest BCUT2D eigenvalue weighted by atomic mass is 9.77. The van der Waals surface area contributed by atoms with Crippen molar-refractivity contribution in [3.8, 4) is 22.5 Å². The molecule has 1 aromatic heterocycles. The number of aromatic amines is 1. The predicted octanol–water partition coefficient (Wildman–Crippen LogP) is 6.26. The van der Waals surface area contributed by atoms with Crippen LogP contribution in [0.3, 0.4) is 0 Å². The molecule has 6 rings (SSSR count). The van der Waals surface area contributed by atoms with Gasteiger partial charge in [0.2, 0.25) is 11.7 Å². The summed E-state index contributed by atoms with van der Waals surface area (Å²) in [5.74, 6) is -16.6. The SMILES string of the molecule is Cc1cc(C(=O)NC2CCNCC2)ccc1-c1ccc(C[C@H](CC(=O)C2CCC(CN)CC2)C(=O)Nc2ccc(-c3n[nH]c(C(F)(F)C(F)(F)C(=O)O)n3)cc2)cc1. The number of aromatic nitrogens is 3. The summed E-state index contributed by atoms with van der Waals surface area (Å²) < 4.78 is 55.9. The van der Waals surface area contributed by atoms with Crippen LogP contribution in [0.4, 0.5) is 23.2 Å². The maximum absolute atomic E-state index is 14.3. The molecule has 1 saturated carbocycles. The van der Waals surface area contributed by atoms with Crippen molar-refractivity contribution in [3.63, 3.8) is 0 Å². The fraction of sp³-hybridized carbons (Fsp3) is 0.429. The number of halogens is 4. The van der Waals surface area contributed by atoms with Crippen LogP contribution in [-0.4, -0.2) is 75.5 Å². The van der Waals surface area contributed by atoms with Crippen LogP contribution >= 0.6 is 0 Å². The molecule has 2 aliphatic rings. The maximum Gasteiger partial charge on any atom is 0.411 e. The van der Waals surface area contributed by atoms with Crippen molar-refractivity contribution in [2.24, 2.45) is 23.5 Å². The molecule has 16 heteroatoms. The third-order valence-corrected chi connectivity index (χ3v) is 11.2. The van der Waals surface area contributed by atoms with E-state index in [1.54, 1.807) is 5.10 Å². The molecule has 3 aromatic carbocycles. The number of aryl methyl sites for hydroxylation is 1. The number of alkyl halides is 4. The summed E-state index contributed by atoms with van der Waals surface area (Å²) in [6.45, 7) is 4.28. The molecular formula is C42H47F4N7O5. The summed E-state index contributed by atoms with van der Waals surface area (Å²) in [4.78, 5) is 54.5. The van der Waals surface area contributed by atoms with E-state index in [1.165, 1.54) is 24.3 Å². The number of nitrogens with zero attached hydrogens (tertiary/aromatic N) is 2. The van der Waals surface area contributed by atoms with Gasteiger partial charge in [0.25, 0.3) is 5.91 Å². The largest absolute Gasteiger partial charge is 0.477 e. The summed E-state index contributed by atoms with van der Waals surface area (Å²) in [6.07, 6.45) is 5.19. The second-order valence-corrected chi connectivity index (χ2v) is 15.3. The van der Waals surface area contributed by atoms with Gasteiger partial charge in [-0.1, -0.05) is 30.3 Å². The van der Waals surface area contributed by atoms with Gasteiger partial charge in [-0.05, 0) is 136 Å². The molecule has 2 heterocycles. The van der Waals surface area contributed by atoms with Crippen molar-refractivity contribution >= 4 is 29.3 Å². The Morgan fingerprint density at radius 3 is 2.17 bits per heavy atom. The molecule has 0 bridgehead atoms. The van der Waals surface area contributed by atoms with Crippen LogP contribution in [0.1, 0.15) is 72.3 Å². The summed E-state index contributed by atoms with van der Waals surface area (Å²) in [6, 6.07) is 19.1. The van der Waals surface area contributed by atoms with Crippen LogP contribution in [0.5, 0.6) is 0 Å². The monoisotopic (exact) mass is 805 g/mol. The molecule has 2 amide bonds. The zero-order valence-electron chi connectivity index (χ0n) is 32.0. The van der Waals surface area contributed by atoms with Crippen molar-refractivity contribution in [1.82, 2.24) is 25.8 Å². The average Bonchev–Trinajstić information content (AvgIpc) is 3.73. The molecular weight excluding hydrogens is 758 g/mol. The van der Waals surface area contributed by atoms with Gasteiger partial charge in [-0.15, -0.1) is 0 Å². The van der Waals surface area contributed by atoms with E-state index < -0.39 is 41.3 Å². The number of carbonyl (C=O) groups is 4. The van der Waals surface area contributed by atoms with E-state index in [-0.39, 0.29) is 42.1 Å². The van der Waals surface area contributed by atoms with Crippen LogP contribution in [0.25, 0.3) is 22.5 Å². The van der Waals surface area contributed by atoms with Crippen LogP contribution < -0.4 is 21.7 Å². The van der Waals surface area contributed by atoms with Gasteiger partial charge in [-0.25, -0.2) is 9.78 Å². The first-order chi connectivity index (χ1) is 27.7. The van der Waals surface area contributed by atoms with E-state index >= 15 is 0 Å². The summed E-state index contributed by atoms with van der Waals surface area (Å²) in [7, 11) is 0. The Morgan fingerprint density at radius 2 is 1.55 bits per heavy atom. The highest BCUT2D eigenvalue weighted by molar-refractivity contribution is 5.96. The number of ketones is 1. The third kappa shape index (κ3) is 9.61. The van der Waals surface area contributed by atoms with Crippen LogP contribution in [0, 0.1) is 24.7 Å². The van der Waals surface area contributed by atoms with E-state index in [0.717, 1.165) is 61.0 Å². The minimum Gasteiger partial charge on any atom is -0.477 e. The number of carboxylic acid groups (broad SMARTS) is 1. The highest BCUT2D eigenvalue weighted by Crippen LogP contribution is 2.42. The first-order valence-corrected chi connectivity index (χ1v) is 19.4. The molecule has 0 radical (unpaired) electrons. The predicted molar refractivity (Wildman–Crippen MR) is 208 cm³/mol. The quantitative estimate of drug-likeness (QED) is 0.0753. The van der Waals surface area contributed by atoms with Crippen LogP contribution in [0.15, 0.2) is 66.7 Å². The number of rotatable bonds is 15. The molecule has 1 aliphatic carbocycles. The first-order valence-electron chi connectivity index (χ1n) is 19.4. The number of amides is 2. The number of aliphatic carboxylic acids is 1. The molecule has 58 heavy (non-hydrogen) atoms. The molecule has 7 N–H and O–H groups in total. The van der Waals surface area contributed by atoms with Gasteiger partial charge >= 0.3 is 17.8 Å². The number of nitrogens with two attached hydrogens (primary N) is 1. The number of carbonyl (C=O) groups excluding carboxylic acids is 3. The third-order valence-electron chi connectivity index (χ3n) is 11.2. The molecule has 12 nitrogen and oxygen atoms in total.